The monoisotopic (exact) mass is 586 g/mol. The second kappa shape index (κ2) is 12.9. The summed E-state index contributed by atoms with van der Waals surface area (Å²) in [4.78, 5) is 47.1. The molecule has 0 saturated heterocycles. The Hall–Kier alpha value is -5.65. The fraction of sp³-hybridized carbons (Fsp3) is 0.129. The number of anilines is 2. The van der Waals surface area contributed by atoms with Crippen LogP contribution in [0.4, 0.5) is 20.2 Å². The van der Waals surface area contributed by atoms with Crippen molar-refractivity contribution in [1.82, 2.24) is 14.6 Å². The molecule has 0 spiro atoms. The van der Waals surface area contributed by atoms with Crippen LogP contribution in [0.3, 0.4) is 0 Å². The number of hydrogen-bond donors (Lipinski definition) is 3. The maximum absolute atomic E-state index is 14.3. The van der Waals surface area contributed by atoms with Gasteiger partial charge in [0.25, 0.3) is 22.9 Å². The molecule has 12 heteroatoms. The Labute approximate surface area is 245 Å². The summed E-state index contributed by atoms with van der Waals surface area (Å²) in [5, 5.41) is 8.76. The number of halogens is 2. The van der Waals surface area contributed by atoms with Crippen LogP contribution in [0.1, 0.15) is 20.3 Å². The summed E-state index contributed by atoms with van der Waals surface area (Å²) in [5.41, 5.74) is 2.46. The Bertz CT molecular complexity index is 1840. The van der Waals surface area contributed by atoms with E-state index in [1.54, 1.807) is 61.9 Å². The lowest BCUT2D eigenvalue weighted by molar-refractivity contribution is -0.121. The maximum Gasteiger partial charge on any atom is 0.255 e. The zero-order valence-electron chi connectivity index (χ0n) is 23.3. The zero-order chi connectivity index (χ0) is 31.1. The molecule has 3 N–H and O–H groups in total. The highest BCUT2D eigenvalue weighted by atomic mass is 19.1. The summed E-state index contributed by atoms with van der Waals surface area (Å²) in [6.45, 7) is 6.70. The molecule has 0 fully saturated rings. The van der Waals surface area contributed by atoms with Gasteiger partial charge in [-0.05, 0) is 50.2 Å². The van der Waals surface area contributed by atoms with Crippen molar-refractivity contribution in [2.75, 3.05) is 10.6 Å². The normalized spacial score (nSPS) is 15.1. The van der Waals surface area contributed by atoms with Gasteiger partial charge in [-0.15, -0.1) is 0 Å². The molecule has 2 aromatic carbocycles. The molecule has 0 bridgehead atoms. The van der Waals surface area contributed by atoms with Crippen LogP contribution in [-0.4, -0.2) is 32.7 Å². The van der Waals surface area contributed by atoms with Gasteiger partial charge in [0.05, 0.1) is 22.7 Å². The van der Waals surface area contributed by atoms with Crippen molar-refractivity contribution in [3.63, 3.8) is 0 Å². The average molecular weight is 587 g/mol. The van der Waals surface area contributed by atoms with Crippen molar-refractivity contribution in [3.05, 3.63) is 130 Å². The number of carbonyl (C=O) groups is 2. The smallest absolute Gasteiger partial charge is 0.255 e. The fourth-order valence-corrected chi connectivity index (χ4v) is 3.89. The number of hydrogen-bond acceptors (Lipinski definition) is 6. The number of hydrazone groups is 1. The summed E-state index contributed by atoms with van der Waals surface area (Å²) in [6, 6.07) is 17.7. The standard InChI is InChI=1S/C16H15FN4O2.C15H13FN2O2/c1-16(7-8-18-20-16)15(23)19-13-6-5-11(10-12(13)17)21-9-3-2-4-14(21)22;1-10(2)15(20)17-13-7-6-11(9-12(13)16)18-8-4-3-5-14(18)19/h2-6,8-10,20H,7H2,1H3,(H,19,23);3-9H,1H2,2H3,(H,17,20). The molecular formula is C31H28F2N6O4. The molecule has 10 nitrogen and oxygen atoms in total. The molecule has 43 heavy (non-hydrogen) atoms. The van der Waals surface area contributed by atoms with E-state index >= 15 is 0 Å². The van der Waals surface area contributed by atoms with Gasteiger partial charge in [-0.3, -0.25) is 33.7 Å². The Morgan fingerprint density at radius 1 is 0.860 bits per heavy atom. The van der Waals surface area contributed by atoms with Crippen molar-refractivity contribution in [3.8, 4) is 11.4 Å². The van der Waals surface area contributed by atoms with Gasteiger partial charge in [-0.1, -0.05) is 18.7 Å². The van der Waals surface area contributed by atoms with Crippen molar-refractivity contribution < 1.29 is 18.4 Å². The number of aromatic nitrogens is 2. The van der Waals surface area contributed by atoms with Gasteiger partial charge in [-0.25, -0.2) is 8.78 Å². The lowest BCUT2D eigenvalue weighted by Gasteiger charge is -2.22. The minimum absolute atomic E-state index is 0.0470. The van der Waals surface area contributed by atoms with Crippen LogP contribution in [0.15, 0.2) is 112 Å². The largest absolute Gasteiger partial charge is 0.321 e. The molecule has 1 aliphatic rings. The van der Waals surface area contributed by atoms with Gasteiger partial charge in [0.2, 0.25) is 0 Å². The SMILES string of the molecule is C=C(C)C(=O)Nc1ccc(-n2ccccc2=O)cc1F.CC1(C(=O)Nc2ccc(-n3ccccc3=O)cc2F)CC=NN1. The number of carbonyl (C=O) groups excluding carboxylic acids is 2. The molecule has 5 rings (SSSR count). The Kier molecular flexibility index (Phi) is 9.09. The van der Waals surface area contributed by atoms with Crippen molar-refractivity contribution in [2.45, 2.75) is 25.8 Å². The quantitative estimate of drug-likeness (QED) is 0.293. The second-order valence-electron chi connectivity index (χ2n) is 9.79. The Morgan fingerprint density at radius 2 is 1.37 bits per heavy atom. The average Bonchev–Trinajstić information content (AvgIpc) is 3.44. The van der Waals surface area contributed by atoms with Gasteiger partial charge in [-0.2, -0.15) is 5.10 Å². The number of pyridine rings is 2. The highest BCUT2D eigenvalue weighted by Crippen LogP contribution is 2.21. The van der Waals surface area contributed by atoms with E-state index in [0.29, 0.717) is 17.8 Å². The topological polar surface area (TPSA) is 127 Å². The van der Waals surface area contributed by atoms with Crippen LogP contribution in [0.2, 0.25) is 0 Å². The molecule has 1 aliphatic heterocycles. The van der Waals surface area contributed by atoms with Crippen LogP contribution in [0.25, 0.3) is 11.4 Å². The first kappa shape index (κ1) is 30.3. The van der Waals surface area contributed by atoms with Crippen molar-refractivity contribution >= 4 is 29.4 Å². The van der Waals surface area contributed by atoms with E-state index in [2.05, 4.69) is 27.7 Å². The molecule has 220 valence electrons. The van der Waals surface area contributed by atoms with Gasteiger partial charge in [0, 0.05) is 54.9 Å². The first-order valence-electron chi connectivity index (χ1n) is 13.0. The Balaban J connectivity index is 0.000000199. The van der Waals surface area contributed by atoms with Crippen LogP contribution in [0, 0.1) is 11.6 Å². The lowest BCUT2D eigenvalue weighted by atomic mass is 9.99. The molecular weight excluding hydrogens is 558 g/mol. The van der Waals surface area contributed by atoms with E-state index in [-0.39, 0.29) is 34.0 Å². The van der Waals surface area contributed by atoms with Crippen molar-refractivity contribution in [1.29, 1.82) is 0 Å². The molecule has 2 amide bonds. The first-order chi connectivity index (χ1) is 20.5. The second-order valence-corrected chi connectivity index (χ2v) is 9.79. The fourth-order valence-electron chi connectivity index (χ4n) is 3.89. The van der Waals surface area contributed by atoms with Gasteiger partial charge in [0.15, 0.2) is 0 Å². The lowest BCUT2D eigenvalue weighted by Crippen LogP contribution is -2.47. The highest BCUT2D eigenvalue weighted by molar-refractivity contribution is 6.03. The van der Waals surface area contributed by atoms with Crippen LogP contribution in [-0.2, 0) is 9.59 Å². The third kappa shape index (κ3) is 7.17. The molecule has 2 aromatic heterocycles. The number of nitrogens with one attached hydrogen (secondary N) is 3. The molecule has 3 heterocycles. The number of rotatable bonds is 6. The van der Waals surface area contributed by atoms with Gasteiger partial charge < -0.3 is 10.6 Å². The minimum atomic E-state index is -0.887. The highest BCUT2D eigenvalue weighted by Gasteiger charge is 2.35. The Morgan fingerprint density at radius 3 is 1.79 bits per heavy atom. The molecule has 4 aromatic rings. The first-order valence-corrected chi connectivity index (χ1v) is 13.0. The van der Waals surface area contributed by atoms with Crippen LogP contribution in [0.5, 0.6) is 0 Å². The van der Waals surface area contributed by atoms with E-state index < -0.39 is 23.1 Å². The van der Waals surface area contributed by atoms with Crippen LogP contribution < -0.4 is 27.2 Å². The van der Waals surface area contributed by atoms with E-state index in [9.17, 15) is 28.0 Å². The zero-order valence-corrected chi connectivity index (χ0v) is 23.3. The summed E-state index contributed by atoms with van der Waals surface area (Å²) >= 11 is 0. The molecule has 0 saturated carbocycles. The number of nitrogens with zero attached hydrogens (tertiary/aromatic N) is 3. The number of amides is 2. The third-order valence-corrected chi connectivity index (χ3v) is 6.39. The predicted octanol–water partition coefficient (Wildman–Crippen LogP) is 4.14. The molecule has 0 radical (unpaired) electrons. The van der Waals surface area contributed by atoms with Gasteiger partial charge in [0.1, 0.15) is 17.2 Å². The summed E-state index contributed by atoms with van der Waals surface area (Å²) in [6.07, 6.45) is 5.12. The summed E-state index contributed by atoms with van der Waals surface area (Å²) in [5.74, 6) is -2.06. The molecule has 1 atom stereocenters. The number of benzene rings is 2. The van der Waals surface area contributed by atoms with E-state index in [1.807, 2.05) is 0 Å². The predicted molar refractivity (Wildman–Crippen MR) is 161 cm³/mol. The van der Waals surface area contributed by atoms with Crippen molar-refractivity contribution in [2.24, 2.45) is 5.10 Å². The maximum atomic E-state index is 14.3. The molecule has 1 unspecified atom stereocenters. The van der Waals surface area contributed by atoms with Gasteiger partial charge >= 0.3 is 0 Å². The van der Waals surface area contributed by atoms with E-state index in [1.165, 1.54) is 52.5 Å². The molecule has 0 aliphatic carbocycles. The van der Waals surface area contributed by atoms with E-state index in [4.69, 9.17) is 0 Å². The van der Waals surface area contributed by atoms with E-state index in [0.717, 1.165) is 0 Å². The third-order valence-electron chi connectivity index (χ3n) is 6.39. The summed E-state index contributed by atoms with van der Waals surface area (Å²) in [7, 11) is 0. The van der Waals surface area contributed by atoms with Crippen LogP contribution >= 0.6 is 0 Å². The summed E-state index contributed by atoms with van der Waals surface area (Å²) < 4.78 is 30.8. The minimum Gasteiger partial charge on any atom is -0.321 e.